The van der Waals surface area contributed by atoms with Crippen LogP contribution in [0.5, 0.6) is 0 Å². The Balaban J connectivity index is 0.000000213. The maximum atomic E-state index is 12.3. The van der Waals surface area contributed by atoms with Gasteiger partial charge in [0.05, 0.1) is 45.5 Å². The summed E-state index contributed by atoms with van der Waals surface area (Å²) in [6.45, 7) is 6.08. The van der Waals surface area contributed by atoms with Crippen LogP contribution in [0.3, 0.4) is 0 Å². The van der Waals surface area contributed by atoms with E-state index in [0.29, 0.717) is 48.2 Å². The Bertz CT molecular complexity index is 2920. The van der Waals surface area contributed by atoms with Crippen molar-refractivity contribution in [2.45, 2.75) is 24.0 Å². The second kappa shape index (κ2) is 26.2. The van der Waals surface area contributed by atoms with Crippen molar-refractivity contribution in [2.24, 2.45) is 5.73 Å². The summed E-state index contributed by atoms with van der Waals surface area (Å²) < 4.78 is 43.3. The molecular weight excluding hydrogens is 1130 g/mol. The van der Waals surface area contributed by atoms with Gasteiger partial charge in [-0.25, -0.2) is 16.8 Å². The van der Waals surface area contributed by atoms with Gasteiger partial charge in [-0.1, -0.05) is 141 Å². The topological polar surface area (TPSA) is 107 Å². The number of piperazine rings is 2. The number of nitrogens with two attached hydrogens (primary N) is 1. The van der Waals surface area contributed by atoms with Gasteiger partial charge in [0.15, 0.2) is 0 Å². The number of hydrogen-bond donors (Lipinski definition) is 1. The van der Waals surface area contributed by atoms with E-state index >= 15 is 0 Å². The third-order valence-electron chi connectivity index (χ3n) is 12.0. The molecule has 0 bridgehead atoms. The molecule has 0 spiro atoms. The molecule has 2 aliphatic heterocycles. The first-order valence-electron chi connectivity index (χ1n) is 22.2. The van der Waals surface area contributed by atoms with E-state index in [1.807, 2.05) is 109 Å². The Morgan fingerprint density at radius 2 is 0.831 bits per heavy atom. The first kappa shape index (κ1) is 57.6. The first-order chi connectivity index (χ1) is 33.5. The van der Waals surface area contributed by atoms with E-state index in [1.54, 1.807) is 12.1 Å². The maximum absolute atomic E-state index is 12.3. The number of nitrogens with zero attached hydrogens (tertiary/aromatic N) is 4. The van der Waals surface area contributed by atoms with Crippen LogP contribution in [0, 0.1) is 0 Å². The van der Waals surface area contributed by atoms with E-state index in [-0.39, 0.29) is 29.8 Å². The number of anilines is 2. The summed E-state index contributed by atoms with van der Waals surface area (Å²) in [5.74, 6) is -0.0949. The molecule has 0 aliphatic carbocycles. The van der Waals surface area contributed by atoms with Crippen molar-refractivity contribution in [2.75, 3.05) is 80.4 Å². The fourth-order valence-corrected chi connectivity index (χ4v) is 11.3. The highest BCUT2D eigenvalue weighted by atomic mass is 35.7. The van der Waals surface area contributed by atoms with Crippen LogP contribution in [0.15, 0.2) is 133 Å². The van der Waals surface area contributed by atoms with Crippen molar-refractivity contribution in [3.05, 3.63) is 196 Å². The number of hydrogen-bond acceptors (Lipinski definition) is 9. The van der Waals surface area contributed by atoms with Crippen molar-refractivity contribution in [1.82, 2.24) is 9.80 Å². The molecule has 0 amide bonds. The van der Waals surface area contributed by atoms with E-state index in [9.17, 15) is 16.8 Å². The fraction of sp³-hybridized carbons (Fsp3) is 0.294. The van der Waals surface area contributed by atoms with Gasteiger partial charge in [0.25, 0.3) is 0 Å². The summed E-state index contributed by atoms with van der Waals surface area (Å²) >= 11 is 49.8. The van der Waals surface area contributed by atoms with E-state index < -0.39 is 18.9 Å². The lowest BCUT2D eigenvalue weighted by Gasteiger charge is -2.44. The molecule has 6 aromatic rings. The number of sulfone groups is 1. The lowest BCUT2D eigenvalue weighted by atomic mass is 9.97. The molecule has 2 fully saturated rings. The van der Waals surface area contributed by atoms with Crippen LogP contribution in [0.4, 0.5) is 11.4 Å². The van der Waals surface area contributed by atoms with Gasteiger partial charge in [-0.15, -0.1) is 0 Å². The summed E-state index contributed by atoms with van der Waals surface area (Å²) in [6, 6.07) is 42.3. The molecule has 71 heavy (non-hydrogen) atoms. The summed E-state index contributed by atoms with van der Waals surface area (Å²) in [5, 5.41) is 5.20. The van der Waals surface area contributed by atoms with Gasteiger partial charge >= 0.3 is 0 Å². The van der Waals surface area contributed by atoms with Crippen LogP contribution in [0.1, 0.15) is 46.3 Å². The highest BCUT2D eigenvalue weighted by molar-refractivity contribution is 8.13. The van der Waals surface area contributed by atoms with Crippen LogP contribution in [-0.2, 0) is 18.9 Å². The van der Waals surface area contributed by atoms with E-state index in [2.05, 4.69) is 42.4 Å². The minimum Gasteiger partial charge on any atom is -0.361 e. The third kappa shape index (κ3) is 18.0. The Morgan fingerprint density at radius 3 is 1.20 bits per heavy atom. The van der Waals surface area contributed by atoms with Crippen LogP contribution >= 0.6 is 103 Å². The molecule has 0 aromatic heterocycles. The van der Waals surface area contributed by atoms with Gasteiger partial charge in [0, 0.05) is 111 Å². The molecule has 2 aliphatic rings. The minimum atomic E-state index is -3.19. The zero-order chi connectivity index (χ0) is 51.6. The summed E-state index contributed by atoms with van der Waals surface area (Å²) in [5.41, 5.74) is 12.7. The molecular formula is C51H52Cl9N5O4S2. The fourth-order valence-electron chi connectivity index (χ4n) is 8.72. The minimum absolute atomic E-state index is 0.00351. The van der Waals surface area contributed by atoms with Crippen molar-refractivity contribution < 1.29 is 16.8 Å². The smallest absolute Gasteiger partial charge is 0.229 e. The molecule has 380 valence electrons. The van der Waals surface area contributed by atoms with Crippen molar-refractivity contribution in [1.29, 1.82) is 0 Å². The molecule has 6 aromatic carbocycles. The maximum Gasteiger partial charge on any atom is 0.229 e. The highest BCUT2D eigenvalue weighted by Gasteiger charge is 2.33. The van der Waals surface area contributed by atoms with Gasteiger partial charge in [0.1, 0.15) is 9.84 Å². The molecule has 20 heteroatoms. The molecule has 2 saturated heterocycles. The van der Waals surface area contributed by atoms with E-state index in [0.717, 1.165) is 78.6 Å². The molecule has 9 nitrogen and oxygen atoms in total. The number of benzene rings is 6. The highest BCUT2D eigenvalue weighted by Crippen LogP contribution is 2.39. The summed E-state index contributed by atoms with van der Waals surface area (Å²) in [4.78, 5) is 9.35. The summed E-state index contributed by atoms with van der Waals surface area (Å²) in [7, 11) is -1.87. The molecule has 0 radical (unpaired) electrons. The Morgan fingerprint density at radius 1 is 0.493 bits per heavy atom. The number of halogens is 9. The van der Waals surface area contributed by atoms with Crippen molar-refractivity contribution >= 4 is 134 Å². The monoisotopic (exact) mass is 1180 g/mol. The molecule has 8 rings (SSSR count). The molecule has 2 heterocycles. The zero-order valence-electron chi connectivity index (χ0n) is 38.6. The van der Waals surface area contributed by atoms with Crippen molar-refractivity contribution in [3.8, 4) is 0 Å². The average Bonchev–Trinajstić information content (AvgIpc) is 3.29. The zero-order valence-corrected chi connectivity index (χ0v) is 47.0. The van der Waals surface area contributed by atoms with E-state index in [1.165, 1.54) is 11.8 Å². The quantitative estimate of drug-likeness (QED) is 0.120. The second-order valence-electron chi connectivity index (χ2n) is 17.4. The molecule has 0 saturated carbocycles. The van der Waals surface area contributed by atoms with Crippen LogP contribution in [-0.4, -0.2) is 97.3 Å². The SMILES string of the molecule is CS(=O)(=O)C[C@@H](CN1CCN(c2ccc(Cl)cc2Cl)[C@H](c2ccc(Cl)cc2)C1)c1ccc(Cl)cc1.CS(=O)(=O)Cl.N[C@@H](CN1CCN(c2ccc(Cl)cc2Cl)[C@H](c2ccc(Cl)cc2)C1)c1ccc(Cl)cc1. The molecule has 2 N–H and O–H groups in total. The van der Waals surface area contributed by atoms with Crippen LogP contribution in [0.2, 0.25) is 40.2 Å². The second-order valence-corrected chi connectivity index (χ2v) is 26.1. The van der Waals surface area contributed by atoms with Crippen LogP contribution < -0.4 is 15.5 Å². The Labute approximate surface area is 462 Å². The predicted molar refractivity (Wildman–Crippen MR) is 302 cm³/mol. The standard InChI is InChI=1S/C26H26Cl4N2O2S.C24H23Cl4N3.CH3ClO2S/c1-35(33,34)17-20(18-2-6-21(27)7-3-18)15-31-12-13-32(25-11-10-23(29)14-24(25)30)26(16-31)19-4-8-22(28)9-5-19;25-18-5-1-16(2-6-18)22(29)14-30-11-12-31(23-10-9-20(27)13-21(23)28)24(15-30)17-3-7-19(26)8-4-17;1-5(2,3)4/h2-11,14,20,26H,12-13,15-17H2,1H3;1-10,13,22,24H,11-12,14-15,29H2;1H3/t20-,26+;22-,24-;/m10./s1. The van der Waals surface area contributed by atoms with E-state index in [4.69, 9.17) is 98.5 Å². The normalized spacial score (nSPS) is 17.6. The van der Waals surface area contributed by atoms with Gasteiger partial charge in [-0.05, 0) is 107 Å². The predicted octanol–water partition coefficient (Wildman–Crippen LogP) is 14.0. The summed E-state index contributed by atoms with van der Waals surface area (Å²) in [6.07, 6.45) is 2.21. The largest absolute Gasteiger partial charge is 0.361 e. The number of rotatable bonds is 12. The molecule has 0 unspecified atom stereocenters. The van der Waals surface area contributed by atoms with Gasteiger partial charge in [-0.2, -0.15) is 0 Å². The van der Waals surface area contributed by atoms with Gasteiger partial charge in [-0.3, -0.25) is 9.80 Å². The third-order valence-corrected chi connectivity index (χ3v) is 15.0. The average molecular weight is 1180 g/mol. The van der Waals surface area contributed by atoms with Gasteiger partial charge in [0.2, 0.25) is 9.05 Å². The lowest BCUT2D eigenvalue weighted by Crippen LogP contribution is -2.50. The Kier molecular flexibility index (Phi) is 21.2. The molecule has 4 atom stereocenters. The first-order valence-corrected chi connectivity index (χ1v) is 30.0. The lowest BCUT2D eigenvalue weighted by molar-refractivity contribution is 0.211. The van der Waals surface area contributed by atoms with Crippen molar-refractivity contribution in [3.63, 3.8) is 0 Å². The Hall–Kier alpha value is -2.69. The van der Waals surface area contributed by atoms with Gasteiger partial charge < -0.3 is 15.5 Å². The van der Waals surface area contributed by atoms with Crippen LogP contribution in [0.25, 0.3) is 0 Å².